The van der Waals surface area contributed by atoms with Gasteiger partial charge in [0.1, 0.15) is 16.9 Å². The number of piperazine rings is 1. The molecular weight excluding hydrogens is 336 g/mol. The zero-order valence-corrected chi connectivity index (χ0v) is 16.5. The second-order valence-corrected chi connectivity index (χ2v) is 6.70. The topological polar surface area (TPSA) is 88.1 Å². The molecule has 1 aromatic carbocycles. The number of amides is 1. The highest BCUT2D eigenvalue weighted by Crippen LogP contribution is 2.26. The Kier molecular flexibility index (Phi) is 7.89. The number of carbonyl (C=O) groups excluding carboxylic acids is 2. The molecule has 0 radical (unpaired) electrons. The molecule has 1 unspecified atom stereocenters. The van der Waals surface area contributed by atoms with Crippen molar-refractivity contribution in [3.05, 3.63) is 29.3 Å². The Bertz CT molecular complexity index is 625. The first kappa shape index (κ1) is 21.8. The number of nitrogens with zero attached hydrogens (tertiary/aromatic N) is 1. The third-order valence-electron chi connectivity index (χ3n) is 3.66. The van der Waals surface area contributed by atoms with Crippen LogP contribution >= 0.6 is 0 Å². The van der Waals surface area contributed by atoms with Gasteiger partial charge < -0.3 is 24.8 Å². The molecule has 1 aliphatic rings. The molecule has 2 N–H and O–H groups in total. The van der Waals surface area contributed by atoms with Gasteiger partial charge in [-0.05, 0) is 38.5 Å². The lowest BCUT2D eigenvalue weighted by Crippen LogP contribution is -2.49. The van der Waals surface area contributed by atoms with E-state index in [9.17, 15) is 14.7 Å². The lowest BCUT2D eigenvalue weighted by atomic mass is 10.0. The van der Waals surface area contributed by atoms with E-state index in [1.165, 1.54) is 19.2 Å². The van der Waals surface area contributed by atoms with Crippen molar-refractivity contribution in [2.75, 3.05) is 26.7 Å². The molecule has 0 spiro atoms. The number of hydrogen-bond acceptors (Lipinski definition) is 6. The van der Waals surface area contributed by atoms with Crippen molar-refractivity contribution in [1.82, 2.24) is 10.2 Å². The minimum atomic E-state index is -0.592. The Hall–Kier alpha value is -2.28. The van der Waals surface area contributed by atoms with Crippen LogP contribution in [-0.2, 0) is 9.47 Å². The molecule has 2 rings (SSSR count). The average Bonchev–Trinajstić information content (AvgIpc) is 2.61. The third kappa shape index (κ3) is 5.91. The lowest BCUT2D eigenvalue weighted by molar-refractivity contribution is 0.0195. The second kappa shape index (κ2) is 9.43. The van der Waals surface area contributed by atoms with Gasteiger partial charge in [-0.3, -0.25) is 0 Å². The van der Waals surface area contributed by atoms with E-state index < -0.39 is 11.6 Å². The summed E-state index contributed by atoms with van der Waals surface area (Å²) >= 11 is 0. The summed E-state index contributed by atoms with van der Waals surface area (Å²) in [6, 6.07) is 4.62. The van der Waals surface area contributed by atoms with E-state index >= 15 is 0 Å². The van der Waals surface area contributed by atoms with E-state index in [1.54, 1.807) is 11.0 Å². The highest BCUT2D eigenvalue weighted by molar-refractivity contribution is 5.92. The Labute approximate surface area is 155 Å². The molecule has 1 saturated heterocycles. The van der Waals surface area contributed by atoms with Crippen LogP contribution in [0.15, 0.2) is 18.2 Å². The number of benzene rings is 1. The fourth-order valence-electron chi connectivity index (χ4n) is 2.51. The first-order valence-electron chi connectivity index (χ1n) is 8.84. The number of phenolic OH excluding ortho intramolecular Hbond substituents is 1. The third-order valence-corrected chi connectivity index (χ3v) is 3.66. The number of methoxy groups -OCH3 is 1. The summed E-state index contributed by atoms with van der Waals surface area (Å²) in [6.07, 6.45) is -0.357. The maximum atomic E-state index is 12.2. The van der Waals surface area contributed by atoms with Gasteiger partial charge >= 0.3 is 12.1 Å². The molecule has 1 fully saturated rings. The van der Waals surface area contributed by atoms with Gasteiger partial charge in [-0.1, -0.05) is 19.9 Å². The second-order valence-electron chi connectivity index (χ2n) is 6.70. The van der Waals surface area contributed by atoms with Crippen LogP contribution in [0.5, 0.6) is 5.75 Å². The largest absolute Gasteiger partial charge is 0.507 e. The molecule has 26 heavy (non-hydrogen) atoms. The van der Waals surface area contributed by atoms with Crippen molar-refractivity contribution in [2.45, 2.75) is 46.3 Å². The van der Waals surface area contributed by atoms with Crippen molar-refractivity contribution < 1.29 is 24.2 Å². The minimum absolute atomic E-state index is 0.112. The highest BCUT2D eigenvalue weighted by Gasteiger charge is 2.28. The normalized spacial score (nSPS) is 17.0. The minimum Gasteiger partial charge on any atom is -0.507 e. The molecule has 1 atom stereocenters. The van der Waals surface area contributed by atoms with Crippen LogP contribution in [0.2, 0.25) is 0 Å². The van der Waals surface area contributed by atoms with Crippen LogP contribution in [-0.4, -0.2) is 54.4 Å². The van der Waals surface area contributed by atoms with Crippen LogP contribution < -0.4 is 5.32 Å². The van der Waals surface area contributed by atoms with Crippen LogP contribution in [0, 0.1) is 0 Å². The van der Waals surface area contributed by atoms with Gasteiger partial charge in [-0.25, -0.2) is 9.59 Å². The van der Waals surface area contributed by atoms with E-state index in [-0.39, 0.29) is 23.4 Å². The van der Waals surface area contributed by atoms with Gasteiger partial charge in [0.25, 0.3) is 0 Å². The molecule has 0 aliphatic carbocycles. The molecule has 1 amide bonds. The SMILES string of the molecule is CC.COC(=O)c1ccc(C2CN(C(=O)OC(C)(C)C)CCN2)cc1O. The molecule has 1 aliphatic heterocycles. The van der Waals surface area contributed by atoms with Crippen LogP contribution in [0.1, 0.15) is 56.6 Å². The Morgan fingerprint density at radius 2 is 1.92 bits per heavy atom. The number of carbonyl (C=O) groups is 2. The fraction of sp³-hybridized carbons (Fsp3) is 0.579. The van der Waals surface area contributed by atoms with Crippen molar-refractivity contribution in [1.29, 1.82) is 0 Å². The maximum absolute atomic E-state index is 12.2. The summed E-state index contributed by atoms with van der Waals surface area (Å²) in [5, 5.41) is 13.3. The van der Waals surface area contributed by atoms with E-state index in [0.29, 0.717) is 19.6 Å². The summed E-state index contributed by atoms with van der Waals surface area (Å²) < 4.78 is 10.0. The number of ether oxygens (including phenoxy) is 2. The van der Waals surface area contributed by atoms with E-state index in [1.807, 2.05) is 34.6 Å². The van der Waals surface area contributed by atoms with Crippen LogP contribution in [0.3, 0.4) is 0 Å². The number of nitrogens with one attached hydrogen (secondary N) is 1. The molecule has 0 bridgehead atoms. The van der Waals surface area contributed by atoms with E-state index in [2.05, 4.69) is 10.1 Å². The molecule has 1 aromatic rings. The maximum Gasteiger partial charge on any atom is 0.410 e. The van der Waals surface area contributed by atoms with Crippen molar-refractivity contribution in [3.63, 3.8) is 0 Å². The van der Waals surface area contributed by atoms with Gasteiger partial charge in [0.2, 0.25) is 0 Å². The number of hydrogen-bond donors (Lipinski definition) is 2. The summed E-state index contributed by atoms with van der Waals surface area (Å²) in [4.78, 5) is 25.4. The van der Waals surface area contributed by atoms with Gasteiger partial charge in [0, 0.05) is 19.6 Å². The predicted octanol–water partition coefficient (Wildman–Crippen LogP) is 3.09. The fourth-order valence-corrected chi connectivity index (χ4v) is 2.51. The highest BCUT2D eigenvalue weighted by atomic mass is 16.6. The standard InChI is InChI=1S/C17H24N2O5.C2H6/c1-17(2,3)24-16(22)19-8-7-18-13(10-19)11-5-6-12(14(20)9-11)15(21)23-4;1-2/h5-6,9,13,18,20H,7-8,10H2,1-4H3;1-2H3. The number of aromatic hydroxyl groups is 1. The zero-order valence-electron chi connectivity index (χ0n) is 16.5. The first-order valence-corrected chi connectivity index (χ1v) is 8.84. The summed E-state index contributed by atoms with van der Waals surface area (Å²) in [5.41, 5.74) is 0.354. The molecule has 0 saturated carbocycles. The zero-order chi connectivity index (χ0) is 19.9. The number of esters is 1. The number of rotatable bonds is 2. The number of phenols is 1. The predicted molar refractivity (Wildman–Crippen MR) is 99.3 cm³/mol. The molecule has 0 aromatic heterocycles. The van der Waals surface area contributed by atoms with E-state index in [0.717, 1.165) is 5.56 Å². The summed E-state index contributed by atoms with van der Waals surface area (Å²) in [6.45, 7) is 11.1. The van der Waals surface area contributed by atoms with Gasteiger partial charge in [-0.2, -0.15) is 0 Å². The van der Waals surface area contributed by atoms with Crippen molar-refractivity contribution in [3.8, 4) is 5.75 Å². The molecule has 7 nitrogen and oxygen atoms in total. The van der Waals surface area contributed by atoms with Crippen LogP contribution in [0.25, 0.3) is 0 Å². The molecule has 146 valence electrons. The summed E-state index contributed by atoms with van der Waals surface area (Å²) in [7, 11) is 1.26. The Morgan fingerprint density at radius 1 is 1.27 bits per heavy atom. The van der Waals surface area contributed by atoms with Crippen LogP contribution in [0.4, 0.5) is 4.79 Å². The van der Waals surface area contributed by atoms with Gasteiger partial charge in [0.15, 0.2) is 0 Å². The Balaban J connectivity index is 0.00000163. The monoisotopic (exact) mass is 366 g/mol. The van der Waals surface area contributed by atoms with Crippen molar-refractivity contribution >= 4 is 12.1 Å². The van der Waals surface area contributed by atoms with Gasteiger partial charge in [0.05, 0.1) is 13.2 Å². The quantitative estimate of drug-likeness (QED) is 0.782. The molecule has 7 heteroatoms. The van der Waals surface area contributed by atoms with Crippen molar-refractivity contribution in [2.24, 2.45) is 0 Å². The van der Waals surface area contributed by atoms with E-state index in [4.69, 9.17) is 4.74 Å². The lowest BCUT2D eigenvalue weighted by Gasteiger charge is -2.35. The Morgan fingerprint density at radius 3 is 2.46 bits per heavy atom. The first-order chi connectivity index (χ1) is 12.2. The van der Waals surface area contributed by atoms with Gasteiger partial charge in [-0.15, -0.1) is 0 Å². The average molecular weight is 366 g/mol. The molecular formula is C19H30N2O5. The smallest absolute Gasteiger partial charge is 0.410 e. The molecule has 1 heterocycles. The summed E-state index contributed by atoms with van der Waals surface area (Å²) in [5.74, 6) is -0.735.